The van der Waals surface area contributed by atoms with Gasteiger partial charge < -0.3 is 20.4 Å². The van der Waals surface area contributed by atoms with E-state index in [0.717, 1.165) is 19.3 Å². The molecule has 4 rings (SSSR count). The standard InChI is InChI=1S/C27H48O8S/c1-15(2)20(29)7-6-16(3)18-13-21(30)24-26(18,5)11-9-23-25(4)10-8-17(28)12-19(25)22(14-27(23,24)31)35-36(32,33)34/h15-24,28-31H,6-14H2,1-5H3,(H,32,33,34)/t16-,17+,18-,19?,20+,21+,22+,23?,24?,25+,26-,27+/m1/s1. The Hall–Kier alpha value is -0.290. The second-order valence-electron chi connectivity index (χ2n) is 13.6. The van der Waals surface area contributed by atoms with Gasteiger partial charge in [0.15, 0.2) is 0 Å². The molecule has 3 unspecified atom stereocenters. The van der Waals surface area contributed by atoms with Crippen molar-refractivity contribution in [2.75, 3.05) is 0 Å². The van der Waals surface area contributed by atoms with E-state index in [1.807, 2.05) is 13.8 Å². The van der Waals surface area contributed by atoms with E-state index < -0.39 is 45.6 Å². The van der Waals surface area contributed by atoms with Gasteiger partial charge in [0.1, 0.15) is 0 Å². The smallest absolute Gasteiger partial charge is 0.393 e. The Kier molecular flexibility index (Phi) is 7.75. The van der Waals surface area contributed by atoms with Gasteiger partial charge in [0, 0.05) is 12.3 Å². The monoisotopic (exact) mass is 532 g/mol. The van der Waals surface area contributed by atoms with Gasteiger partial charge in [-0.05, 0) is 91.8 Å². The summed E-state index contributed by atoms with van der Waals surface area (Å²) in [5, 5.41) is 44.7. The molecule has 0 amide bonds. The molecule has 0 aromatic heterocycles. The van der Waals surface area contributed by atoms with Crippen molar-refractivity contribution in [1.82, 2.24) is 0 Å². The van der Waals surface area contributed by atoms with Crippen molar-refractivity contribution in [3.63, 3.8) is 0 Å². The van der Waals surface area contributed by atoms with Gasteiger partial charge in [0.25, 0.3) is 0 Å². The summed E-state index contributed by atoms with van der Waals surface area (Å²) in [7, 11) is -4.76. The van der Waals surface area contributed by atoms with Crippen LogP contribution >= 0.6 is 0 Å². The SMILES string of the molecule is CC(C)[C@@H](O)CC[C@@H](C)[C@H]1C[C@H](O)C2[C@]3(O)C[C@H](OS(=O)(=O)O)C4C[C@@H](O)CC[C@]4(C)C3CC[C@@]21C. The molecule has 4 aliphatic carbocycles. The third-order valence-electron chi connectivity index (χ3n) is 11.3. The largest absolute Gasteiger partial charge is 0.397 e. The zero-order valence-electron chi connectivity index (χ0n) is 22.5. The van der Waals surface area contributed by atoms with Gasteiger partial charge in [-0.25, -0.2) is 4.18 Å². The maximum absolute atomic E-state index is 12.5. The van der Waals surface area contributed by atoms with Crippen molar-refractivity contribution in [2.24, 2.45) is 46.3 Å². The number of rotatable bonds is 7. The third-order valence-corrected chi connectivity index (χ3v) is 11.8. The molecule has 4 saturated carbocycles. The van der Waals surface area contributed by atoms with Crippen molar-refractivity contribution in [2.45, 2.75) is 122 Å². The molecule has 210 valence electrons. The third kappa shape index (κ3) is 4.80. The molecule has 9 heteroatoms. The van der Waals surface area contributed by atoms with Gasteiger partial charge in [-0.1, -0.05) is 34.6 Å². The zero-order valence-corrected chi connectivity index (χ0v) is 23.3. The van der Waals surface area contributed by atoms with Crippen molar-refractivity contribution >= 4 is 10.4 Å². The fraction of sp³-hybridized carbons (Fsp3) is 1.00. The minimum absolute atomic E-state index is 0.00884. The molecule has 4 fully saturated rings. The molecule has 0 spiro atoms. The first-order valence-electron chi connectivity index (χ1n) is 13.9. The van der Waals surface area contributed by atoms with Crippen LogP contribution in [-0.2, 0) is 14.6 Å². The molecule has 0 bridgehead atoms. The molecule has 0 aromatic rings. The van der Waals surface area contributed by atoms with E-state index in [9.17, 15) is 33.4 Å². The molecule has 0 heterocycles. The molecule has 4 aliphatic rings. The minimum Gasteiger partial charge on any atom is -0.393 e. The molecule has 5 N–H and O–H groups in total. The molecular formula is C27H48O8S. The summed E-state index contributed by atoms with van der Waals surface area (Å²) in [5.41, 5.74) is -2.16. The molecule has 8 nitrogen and oxygen atoms in total. The van der Waals surface area contributed by atoms with E-state index in [0.29, 0.717) is 32.1 Å². The van der Waals surface area contributed by atoms with E-state index in [1.165, 1.54) is 0 Å². The summed E-state index contributed by atoms with van der Waals surface area (Å²) < 4.78 is 38.4. The maximum Gasteiger partial charge on any atom is 0.397 e. The summed E-state index contributed by atoms with van der Waals surface area (Å²) >= 11 is 0. The predicted molar refractivity (Wildman–Crippen MR) is 135 cm³/mol. The highest BCUT2D eigenvalue weighted by Crippen LogP contribution is 2.70. The predicted octanol–water partition coefficient (Wildman–Crippen LogP) is 3.32. The second kappa shape index (κ2) is 9.72. The van der Waals surface area contributed by atoms with Crippen LogP contribution in [0, 0.1) is 46.3 Å². The molecule has 0 aromatic carbocycles. The van der Waals surface area contributed by atoms with Crippen LogP contribution in [-0.4, -0.2) is 63.4 Å². The highest BCUT2D eigenvalue weighted by Gasteiger charge is 2.71. The fourth-order valence-corrected chi connectivity index (χ4v) is 10.1. The highest BCUT2D eigenvalue weighted by molar-refractivity contribution is 7.80. The van der Waals surface area contributed by atoms with Crippen LogP contribution in [0.5, 0.6) is 0 Å². The molecule has 0 radical (unpaired) electrons. The first-order chi connectivity index (χ1) is 16.5. The maximum atomic E-state index is 12.5. The molecule has 12 atom stereocenters. The van der Waals surface area contributed by atoms with E-state index in [4.69, 9.17) is 4.18 Å². The first kappa shape index (κ1) is 28.7. The summed E-state index contributed by atoms with van der Waals surface area (Å²) in [5.74, 6) is -0.304. The van der Waals surface area contributed by atoms with Gasteiger partial charge in [0.2, 0.25) is 0 Å². The molecule has 0 aliphatic heterocycles. The average molecular weight is 533 g/mol. The lowest BCUT2D eigenvalue weighted by atomic mass is 9.42. The highest BCUT2D eigenvalue weighted by atomic mass is 32.3. The van der Waals surface area contributed by atoms with Gasteiger partial charge in [-0.2, -0.15) is 8.42 Å². The van der Waals surface area contributed by atoms with Gasteiger partial charge in [0.05, 0.1) is 30.0 Å². The van der Waals surface area contributed by atoms with E-state index >= 15 is 0 Å². The van der Waals surface area contributed by atoms with Crippen LogP contribution in [0.1, 0.15) is 92.4 Å². The Balaban J connectivity index is 1.66. The lowest BCUT2D eigenvalue weighted by molar-refractivity contribution is -0.260. The first-order valence-corrected chi connectivity index (χ1v) is 15.3. The molecule has 36 heavy (non-hydrogen) atoms. The van der Waals surface area contributed by atoms with Crippen LogP contribution in [0.2, 0.25) is 0 Å². The summed E-state index contributed by atoms with van der Waals surface area (Å²) in [4.78, 5) is 0. The summed E-state index contributed by atoms with van der Waals surface area (Å²) in [6, 6.07) is 0. The number of aliphatic hydroxyl groups is 4. The van der Waals surface area contributed by atoms with Crippen molar-refractivity contribution in [3.8, 4) is 0 Å². The number of hydrogen-bond donors (Lipinski definition) is 5. The fourth-order valence-electron chi connectivity index (χ4n) is 9.60. The Bertz CT molecular complexity index is 909. The zero-order chi connectivity index (χ0) is 26.8. The number of fused-ring (bicyclic) bond motifs is 5. The lowest BCUT2D eigenvalue weighted by Gasteiger charge is -2.66. The topological polar surface area (TPSA) is 145 Å². The molecular weight excluding hydrogens is 484 g/mol. The van der Waals surface area contributed by atoms with Crippen LogP contribution < -0.4 is 0 Å². The molecule has 0 saturated heterocycles. The average Bonchev–Trinajstić information content (AvgIpc) is 3.03. The quantitative estimate of drug-likeness (QED) is 0.314. The Morgan fingerprint density at radius 1 is 1.00 bits per heavy atom. The normalized spacial score (nSPS) is 48.7. The minimum atomic E-state index is -4.76. The van der Waals surface area contributed by atoms with Gasteiger partial charge in [-0.3, -0.25) is 4.55 Å². The Morgan fingerprint density at radius 2 is 1.64 bits per heavy atom. The second-order valence-corrected chi connectivity index (χ2v) is 14.7. The number of hydrogen-bond acceptors (Lipinski definition) is 7. The van der Waals surface area contributed by atoms with Crippen LogP contribution in [0.15, 0.2) is 0 Å². The van der Waals surface area contributed by atoms with Gasteiger partial charge >= 0.3 is 10.4 Å². The Morgan fingerprint density at radius 3 is 2.25 bits per heavy atom. The van der Waals surface area contributed by atoms with Crippen LogP contribution in [0.3, 0.4) is 0 Å². The van der Waals surface area contributed by atoms with Crippen molar-refractivity contribution in [3.05, 3.63) is 0 Å². The Labute approximate surface area is 216 Å². The summed E-state index contributed by atoms with van der Waals surface area (Å²) in [6.45, 7) is 10.4. The van der Waals surface area contributed by atoms with Crippen LogP contribution in [0.4, 0.5) is 0 Å². The van der Waals surface area contributed by atoms with E-state index in [1.54, 1.807) is 0 Å². The van der Waals surface area contributed by atoms with Crippen molar-refractivity contribution in [1.29, 1.82) is 0 Å². The lowest BCUT2D eigenvalue weighted by Crippen LogP contribution is -2.69. The van der Waals surface area contributed by atoms with Crippen LogP contribution in [0.25, 0.3) is 0 Å². The summed E-state index contributed by atoms with van der Waals surface area (Å²) in [6.07, 6.45) is 2.67. The van der Waals surface area contributed by atoms with Crippen molar-refractivity contribution < 1.29 is 37.6 Å². The van der Waals surface area contributed by atoms with E-state index in [-0.39, 0.29) is 47.5 Å². The number of aliphatic hydroxyl groups excluding tert-OH is 3. The van der Waals surface area contributed by atoms with E-state index in [2.05, 4.69) is 20.8 Å². The van der Waals surface area contributed by atoms with Gasteiger partial charge in [-0.15, -0.1) is 0 Å².